The Morgan fingerprint density at radius 3 is 2.39 bits per heavy atom. The Labute approximate surface area is 193 Å². The van der Waals surface area contributed by atoms with Gasteiger partial charge in [0.2, 0.25) is 5.95 Å². The summed E-state index contributed by atoms with van der Waals surface area (Å²) in [4.78, 5) is 25.3. The third-order valence-electron chi connectivity index (χ3n) is 4.56. The molecule has 0 aliphatic rings. The lowest BCUT2D eigenvalue weighted by Crippen LogP contribution is -2.19. The summed E-state index contributed by atoms with van der Waals surface area (Å²) in [6.45, 7) is 7.97. The van der Waals surface area contributed by atoms with E-state index >= 15 is 0 Å². The van der Waals surface area contributed by atoms with Crippen LogP contribution in [0.2, 0.25) is 0 Å². The molecule has 33 heavy (non-hydrogen) atoms. The summed E-state index contributed by atoms with van der Waals surface area (Å²) in [5.74, 6) is 0.130. The average Bonchev–Trinajstić information content (AvgIpc) is 2.75. The first-order valence-electron chi connectivity index (χ1n) is 10.5. The minimum absolute atomic E-state index is 0.130. The maximum atomic E-state index is 12.5. The molecule has 2 amide bonds. The Morgan fingerprint density at radius 2 is 1.73 bits per heavy atom. The van der Waals surface area contributed by atoms with Crippen LogP contribution in [-0.2, 0) is 0 Å². The third kappa shape index (κ3) is 6.90. The molecule has 0 atom stereocenters. The molecule has 170 valence electrons. The molecule has 1 heterocycles. The zero-order valence-electron chi connectivity index (χ0n) is 19.3. The van der Waals surface area contributed by atoms with Crippen LogP contribution >= 0.6 is 0 Å². The maximum Gasteiger partial charge on any atom is 0.323 e. The van der Waals surface area contributed by atoms with Crippen molar-refractivity contribution in [2.24, 2.45) is 10.7 Å². The van der Waals surface area contributed by atoms with Crippen molar-refractivity contribution < 1.29 is 4.79 Å². The molecule has 3 rings (SSSR count). The first kappa shape index (κ1) is 23.5. The molecule has 3 aromatic rings. The molecule has 6 N–H and O–H groups in total. The van der Waals surface area contributed by atoms with Crippen LogP contribution in [0.1, 0.15) is 37.6 Å². The van der Waals surface area contributed by atoms with Gasteiger partial charge in [-0.1, -0.05) is 29.8 Å². The smallest absolute Gasteiger partial charge is 0.323 e. The Bertz CT molecular complexity index is 1190. The van der Waals surface area contributed by atoms with Crippen LogP contribution in [0.25, 0.3) is 11.3 Å². The second-order valence-corrected chi connectivity index (χ2v) is 8.58. The van der Waals surface area contributed by atoms with E-state index in [0.29, 0.717) is 28.3 Å². The maximum absolute atomic E-state index is 12.5. The molecule has 8 nitrogen and oxygen atoms in total. The van der Waals surface area contributed by atoms with Crippen LogP contribution in [0.4, 0.5) is 22.1 Å². The highest BCUT2D eigenvalue weighted by Crippen LogP contribution is 2.24. The number of hydrogen-bond donors (Lipinski definition) is 4. The van der Waals surface area contributed by atoms with Crippen LogP contribution in [0, 0.1) is 6.92 Å². The summed E-state index contributed by atoms with van der Waals surface area (Å²) in [6.07, 6.45) is 3.27. The van der Waals surface area contributed by atoms with Crippen LogP contribution in [-0.4, -0.2) is 27.8 Å². The van der Waals surface area contributed by atoms with E-state index in [0.717, 1.165) is 11.1 Å². The summed E-state index contributed by atoms with van der Waals surface area (Å²) >= 11 is 0. The average molecular weight is 444 g/mol. The quantitative estimate of drug-likeness (QED) is 0.424. The molecular weight excluding hydrogens is 414 g/mol. The number of urea groups is 1. The lowest BCUT2D eigenvalue weighted by atomic mass is 10.0. The van der Waals surface area contributed by atoms with Crippen LogP contribution in [0.3, 0.4) is 0 Å². The van der Waals surface area contributed by atoms with Crippen LogP contribution in [0.15, 0.2) is 65.8 Å². The molecule has 0 spiro atoms. The van der Waals surface area contributed by atoms with Crippen molar-refractivity contribution in [2.75, 3.05) is 16.4 Å². The topological polar surface area (TPSA) is 131 Å². The summed E-state index contributed by atoms with van der Waals surface area (Å²) in [5.41, 5.74) is 16.7. The number of allylic oxidation sites excluding steroid dienone is 1. The number of benzene rings is 2. The van der Waals surface area contributed by atoms with E-state index in [-0.39, 0.29) is 17.5 Å². The second kappa shape index (κ2) is 9.95. The molecule has 0 aliphatic heterocycles. The van der Waals surface area contributed by atoms with Gasteiger partial charge in [0, 0.05) is 29.4 Å². The van der Waals surface area contributed by atoms with E-state index in [4.69, 9.17) is 11.5 Å². The van der Waals surface area contributed by atoms with Crippen molar-refractivity contribution in [1.82, 2.24) is 9.97 Å². The molecule has 2 aromatic carbocycles. The van der Waals surface area contributed by atoms with E-state index in [1.54, 1.807) is 24.5 Å². The lowest BCUT2D eigenvalue weighted by molar-refractivity contribution is 0.262. The number of aromatic nitrogens is 2. The van der Waals surface area contributed by atoms with Gasteiger partial charge >= 0.3 is 6.03 Å². The molecule has 8 heteroatoms. The Hall–Kier alpha value is -4.20. The van der Waals surface area contributed by atoms with E-state index in [1.807, 2.05) is 70.2 Å². The number of carbonyl (C=O) groups is 1. The van der Waals surface area contributed by atoms with Gasteiger partial charge in [-0.25, -0.2) is 14.8 Å². The molecule has 0 saturated heterocycles. The standard InChI is InChI=1S/C25H29N7O/c1-16-8-10-18(11-9-16)30-24(33)31-19-7-5-6-17(14-19)20(15-29-25(2,3)4)22(26)21-12-13-28-23(27)32-21/h5-15H,26H2,1-4H3,(H2,27,28,32)(H2,30,31,33). The van der Waals surface area contributed by atoms with Crippen molar-refractivity contribution in [2.45, 2.75) is 33.2 Å². The minimum Gasteiger partial charge on any atom is -0.396 e. The number of nitrogens with zero attached hydrogens (tertiary/aromatic N) is 3. The fourth-order valence-corrected chi connectivity index (χ4v) is 2.91. The summed E-state index contributed by atoms with van der Waals surface area (Å²) < 4.78 is 0. The van der Waals surface area contributed by atoms with Crippen molar-refractivity contribution >= 4 is 40.8 Å². The predicted molar refractivity (Wildman–Crippen MR) is 136 cm³/mol. The number of anilines is 3. The van der Waals surface area contributed by atoms with Gasteiger partial charge in [-0.05, 0) is 63.6 Å². The van der Waals surface area contributed by atoms with Gasteiger partial charge in [-0.3, -0.25) is 4.99 Å². The zero-order valence-corrected chi connectivity index (χ0v) is 19.3. The van der Waals surface area contributed by atoms with Gasteiger partial charge in [0.05, 0.1) is 16.9 Å². The van der Waals surface area contributed by atoms with Crippen molar-refractivity contribution in [3.05, 3.63) is 77.6 Å². The van der Waals surface area contributed by atoms with E-state index in [1.165, 1.54) is 0 Å². The van der Waals surface area contributed by atoms with Crippen LogP contribution in [0.5, 0.6) is 0 Å². The zero-order chi connectivity index (χ0) is 24.0. The first-order valence-corrected chi connectivity index (χ1v) is 10.5. The summed E-state index contributed by atoms with van der Waals surface area (Å²) in [7, 11) is 0. The number of aryl methyl sites for hydroxylation is 1. The van der Waals surface area contributed by atoms with Gasteiger partial charge in [0.25, 0.3) is 0 Å². The van der Waals surface area contributed by atoms with Crippen LogP contribution < -0.4 is 22.1 Å². The number of hydrogen-bond acceptors (Lipinski definition) is 6. The molecule has 0 bridgehead atoms. The number of rotatable bonds is 5. The number of aliphatic imine (C=N–C) groups is 1. The Morgan fingerprint density at radius 1 is 1.03 bits per heavy atom. The van der Waals surface area contributed by atoms with Gasteiger partial charge in [-0.2, -0.15) is 0 Å². The molecule has 0 fully saturated rings. The van der Waals surface area contributed by atoms with E-state index in [2.05, 4.69) is 25.6 Å². The number of nitrogens with two attached hydrogens (primary N) is 2. The lowest BCUT2D eigenvalue weighted by Gasteiger charge is -2.15. The number of carbonyl (C=O) groups excluding carboxylic acids is 1. The molecule has 0 radical (unpaired) electrons. The fraction of sp³-hybridized carbons (Fsp3) is 0.200. The Balaban J connectivity index is 1.92. The summed E-state index contributed by atoms with van der Waals surface area (Å²) in [6, 6.07) is 16.3. The first-order chi connectivity index (χ1) is 15.6. The van der Waals surface area contributed by atoms with Crippen molar-refractivity contribution in [1.29, 1.82) is 0 Å². The number of nitrogen functional groups attached to an aromatic ring is 1. The highest BCUT2D eigenvalue weighted by atomic mass is 16.2. The largest absolute Gasteiger partial charge is 0.396 e. The second-order valence-electron chi connectivity index (χ2n) is 8.58. The van der Waals surface area contributed by atoms with Gasteiger partial charge in [0.15, 0.2) is 0 Å². The summed E-state index contributed by atoms with van der Waals surface area (Å²) in [5, 5.41) is 5.68. The minimum atomic E-state index is -0.346. The molecular formula is C25H29N7O. The molecule has 1 aromatic heterocycles. The van der Waals surface area contributed by atoms with E-state index in [9.17, 15) is 4.79 Å². The Kier molecular flexibility index (Phi) is 7.07. The third-order valence-corrected chi connectivity index (χ3v) is 4.56. The van der Waals surface area contributed by atoms with Gasteiger partial charge in [-0.15, -0.1) is 0 Å². The fourth-order valence-electron chi connectivity index (χ4n) is 2.91. The van der Waals surface area contributed by atoms with Gasteiger partial charge < -0.3 is 22.1 Å². The predicted octanol–water partition coefficient (Wildman–Crippen LogP) is 4.71. The highest BCUT2D eigenvalue weighted by molar-refractivity contribution is 6.19. The van der Waals surface area contributed by atoms with E-state index < -0.39 is 0 Å². The molecule has 0 unspecified atom stereocenters. The molecule has 0 saturated carbocycles. The molecule has 0 aliphatic carbocycles. The normalized spacial score (nSPS) is 12.4. The number of amides is 2. The number of nitrogens with one attached hydrogen (secondary N) is 2. The highest BCUT2D eigenvalue weighted by Gasteiger charge is 2.13. The monoisotopic (exact) mass is 443 g/mol. The van der Waals surface area contributed by atoms with Gasteiger partial charge in [0.1, 0.15) is 0 Å². The SMILES string of the molecule is Cc1ccc(NC(=O)Nc2cccc(C(C=NC(C)(C)C)=C(N)c3ccnc(N)n3)c2)cc1. The van der Waals surface area contributed by atoms with Crippen molar-refractivity contribution in [3.63, 3.8) is 0 Å². The van der Waals surface area contributed by atoms with Crippen molar-refractivity contribution in [3.8, 4) is 0 Å².